The number of amides is 1. The number of nitrogens with zero attached hydrogens (tertiary/aromatic N) is 1. The number of aromatic nitrogens is 2. The lowest BCUT2D eigenvalue weighted by atomic mass is 10.1. The first-order chi connectivity index (χ1) is 11.7. The van der Waals surface area contributed by atoms with Gasteiger partial charge in [0.15, 0.2) is 11.5 Å². The van der Waals surface area contributed by atoms with Gasteiger partial charge in [0, 0.05) is 11.8 Å². The Labute approximate surface area is 139 Å². The molecule has 3 aromatic rings. The van der Waals surface area contributed by atoms with Crippen LogP contribution >= 0.6 is 0 Å². The standard InChI is InChI=1S/C18H19N3O3/c1-23-15-8-6-12(10-16(15)24-2)7-9-17(22)20-14-5-3-4-13-11-19-21-18(13)14/h3-6,8,10-11H,7,9H2,1-2H3,(H,19,21)(H,20,22). The number of hydrogen-bond donors (Lipinski definition) is 2. The molecule has 6 heteroatoms. The normalized spacial score (nSPS) is 10.6. The van der Waals surface area contributed by atoms with Gasteiger partial charge in [0.05, 0.1) is 31.6 Å². The van der Waals surface area contributed by atoms with E-state index in [0.717, 1.165) is 22.2 Å². The van der Waals surface area contributed by atoms with Crippen LogP contribution in [0.15, 0.2) is 42.6 Å². The summed E-state index contributed by atoms with van der Waals surface area (Å²) < 4.78 is 10.5. The first-order valence-electron chi connectivity index (χ1n) is 7.64. The lowest BCUT2D eigenvalue weighted by Gasteiger charge is -2.10. The molecule has 0 saturated heterocycles. The van der Waals surface area contributed by atoms with Crippen LogP contribution in [0.3, 0.4) is 0 Å². The molecule has 24 heavy (non-hydrogen) atoms. The molecule has 0 atom stereocenters. The Hall–Kier alpha value is -3.02. The van der Waals surface area contributed by atoms with Gasteiger partial charge in [0.2, 0.25) is 5.91 Å². The first-order valence-corrected chi connectivity index (χ1v) is 7.64. The molecule has 0 saturated carbocycles. The highest BCUT2D eigenvalue weighted by molar-refractivity contribution is 6.00. The summed E-state index contributed by atoms with van der Waals surface area (Å²) in [5.41, 5.74) is 2.59. The third-order valence-corrected chi connectivity index (χ3v) is 3.84. The van der Waals surface area contributed by atoms with Crippen LogP contribution in [-0.2, 0) is 11.2 Å². The Kier molecular flexibility index (Phi) is 4.65. The topological polar surface area (TPSA) is 76.2 Å². The number of rotatable bonds is 6. The SMILES string of the molecule is COc1ccc(CCC(=O)Nc2cccc3cn[nH]c23)cc1OC. The van der Waals surface area contributed by atoms with E-state index in [2.05, 4.69) is 15.5 Å². The molecule has 0 radical (unpaired) electrons. The molecule has 6 nitrogen and oxygen atoms in total. The second-order valence-electron chi connectivity index (χ2n) is 5.38. The smallest absolute Gasteiger partial charge is 0.224 e. The maximum Gasteiger partial charge on any atom is 0.224 e. The number of nitrogens with one attached hydrogen (secondary N) is 2. The van der Waals surface area contributed by atoms with Crippen molar-refractivity contribution in [2.24, 2.45) is 0 Å². The molecule has 2 N–H and O–H groups in total. The Morgan fingerprint density at radius 3 is 2.79 bits per heavy atom. The van der Waals surface area contributed by atoms with Crippen molar-refractivity contribution in [3.8, 4) is 11.5 Å². The van der Waals surface area contributed by atoms with E-state index in [4.69, 9.17) is 9.47 Å². The van der Waals surface area contributed by atoms with E-state index in [1.54, 1.807) is 20.4 Å². The number of H-pyrrole nitrogens is 1. The van der Waals surface area contributed by atoms with Gasteiger partial charge < -0.3 is 14.8 Å². The van der Waals surface area contributed by atoms with E-state index in [0.29, 0.717) is 24.3 Å². The highest BCUT2D eigenvalue weighted by atomic mass is 16.5. The Bertz CT molecular complexity index is 858. The van der Waals surface area contributed by atoms with E-state index < -0.39 is 0 Å². The van der Waals surface area contributed by atoms with E-state index in [9.17, 15) is 4.79 Å². The van der Waals surface area contributed by atoms with Crippen LogP contribution in [0.4, 0.5) is 5.69 Å². The molecule has 0 fully saturated rings. The summed E-state index contributed by atoms with van der Waals surface area (Å²) in [4.78, 5) is 12.2. The lowest BCUT2D eigenvalue weighted by Crippen LogP contribution is -2.12. The van der Waals surface area contributed by atoms with Crippen LogP contribution in [0.2, 0.25) is 0 Å². The fraction of sp³-hybridized carbons (Fsp3) is 0.222. The summed E-state index contributed by atoms with van der Waals surface area (Å²) in [6.45, 7) is 0. The van der Waals surface area contributed by atoms with Gasteiger partial charge in [-0.25, -0.2) is 0 Å². The van der Waals surface area contributed by atoms with E-state index in [-0.39, 0.29) is 5.91 Å². The van der Waals surface area contributed by atoms with Crippen LogP contribution in [0.1, 0.15) is 12.0 Å². The number of anilines is 1. The predicted molar refractivity (Wildman–Crippen MR) is 92.6 cm³/mol. The van der Waals surface area contributed by atoms with Crippen molar-refractivity contribution in [2.75, 3.05) is 19.5 Å². The molecular formula is C18H19N3O3. The predicted octanol–water partition coefficient (Wildman–Crippen LogP) is 3.15. The molecule has 1 aromatic heterocycles. The molecule has 1 heterocycles. The maximum atomic E-state index is 12.2. The summed E-state index contributed by atoms with van der Waals surface area (Å²) in [7, 11) is 3.19. The van der Waals surface area contributed by atoms with Crippen molar-refractivity contribution in [3.63, 3.8) is 0 Å². The zero-order valence-corrected chi connectivity index (χ0v) is 13.6. The van der Waals surface area contributed by atoms with Crippen LogP contribution in [-0.4, -0.2) is 30.3 Å². The van der Waals surface area contributed by atoms with Crippen LogP contribution in [0.5, 0.6) is 11.5 Å². The summed E-state index contributed by atoms with van der Waals surface area (Å²) >= 11 is 0. The van der Waals surface area contributed by atoms with Crippen molar-refractivity contribution in [2.45, 2.75) is 12.8 Å². The number of methoxy groups -OCH3 is 2. The molecule has 0 aliphatic carbocycles. The number of aromatic amines is 1. The number of benzene rings is 2. The molecule has 124 valence electrons. The Morgan fingerprint density at radius 1 is 1.17 bits per heavy atom. The number of carbonyl (C=O) groups is 1. The number of hydrogen-bond acceptors (Lipinski definition) is 4. The number of carbonyl (C=O) groups excluding carboxylic acids is 1. The van der Waals surface area contributed by atoms with E-state index in [1.165, 1.54) is 0 Å². The molecular weight excluding hydrogens is 306 g/mol. The molecule has 0 aliphatic rings. The second kappa shape index (κ2) is 7.04. The Morgan fingerprint density at radius 2 is 2.00 bits per heavy atom. The molecule has 2 aromatic carbocycles. The number of ether oxygens (including phenoxy) is 2. The van der Waals surface area contributed by atoms with Crippen LogP contribution < -0.4 is 14.8 Å². The van der Waals surface area contributed by atoms with Crippen molar-refractivity contribution in [1.29, 1.82) is 0 Å². The highest BCUT2D eigenvalue weighted by Crippen LogP contribution is 2.28. The molecule has 0 spiro atoms. The molecule has 3 rings (SSSR count). The summed E-state index contributed by atoms with van der Waals surface area (Å²) in [6, 6.07) is 11.4. The molecule has 1 amide bonds. The summed E-state index contributed by atoms with van der Waals surface area (Å²) in [5.74, 6) is 1.29. The van der Waals surface area contributed by atoms with Gasteiger partial charge in [0.25, 0.3) is 0 Å². The van der Waals surface area contributed by atoms with Crippen molar-refractivity contribution >= 4 is 22.5 Å². The second-order valence-corrected chi connectivity index (χ2v) is 5.38. The summed E-state index contributed by atoms with van der Waals surface area (Å²) in [5, 5.41) is 10.8. The minimum atomic E-state index is -0.0492. The number of aryl methyl sites for hydroxylation is 1. The minimum Gasteiger partial charge on any atom is -0.493 e. The van der Waals surface area contributed by atoms with Gasteiger partial charge in [0.1, 0.15) is 0 Å². The van der Waals surface area contributed by atoms with Gasteiger partial charge in [-0.1, -0.05) is 18.2 Å². The average Bonchev–Trinajstić information content (AvgIpc) is 3.09. The van der Waals surface area contributed by atoms with E-state index >= 15 is 0 Å². The van der Waals surface area contributed by atoms with Gasteiger partial charge in [-0.05, 0) is 30.2 Å². The zero-order chi connectivity index (χ0) is 16.9. The molecule has 0 aliphatic heterocycles. The fourth-order valence-corrected chi connectivity index (χ4v) is 2.58. The van der Waals surface area contributed by atoms with Gasteiger partial charge in [-0.2, -0.15) is 5.10 Å². The fourth-order valence-electron chi connectivity index (χ4n) is 2.58. The van der Waals surface area contributed by atoms with Crippen LogP contribution in [0.25, 0.3) is 10.9 Å². The Balaban J connectivity index is 1.64. The zero-order valence-electron chi connectivity index (χ0n) is 13.6. The van der Waals surface area contributed by atoms with Crippen molar-refractivity contribution in [3.05, 3.63) is 48.2 Å². The van der Waals surface area contributed by atoms with Crippen molar-refractivity contribution in [1.82, 2.24) is 10.2 Å². The van der Waals surface area contributed by atoms with Gasteiger partial charge in [-0.3, -0.25) is 9.89 Å². The third kappa shape index (κ3) is 3.32. The molecule has 0 bridgehead atoms. The van der Waals surface area contributed by atoms with E-state index in [1.807, 2.05) is 36.4 Å². The lowest BCUT2D eigenvalue weighted by molar-refractivity contribution is -0.116. The number of para-hydroxylation sites is 1. The minimum absolute atomic E-state index is 0.0492. The highest BCUT2D eigenvalue weighted by Gasteiger charge is 2.09. The van der Waals surface area contributed by atoms with Gasteiger partial charge in [-0.15, -0.1) is 0 Å². The summed E-state index contributed by atoms with van der Waals surface area (Å²) in [6.07, 6.45) is 2.72. The first kappa shape index (κ1) is 15.9. The number of fused-ring (bicyclic) bond motifs is 1. The maximum absolute atomic E-state index is 12.2. The van der Waals surface area contributed by atoms with Gasteiger partial charge >= 0.3 is 0 Å². The monoisotopic (exact) mass is 325 g/mol. The molecule has 0 unspecified atom stereocenters. The largest absolute Gasteiger partial charge is 0.493 e. The van der Waals surface area contributed by atoms with Crippen LogP contribution in [0, 0.1) is 0 Å². The third-order valence-electron chi connectivity index (χ3n) is 3.84. The average molecular weight is 325 g/mol. The quantitative estimate of drug-likeness (QED) is 0.730. The van der Waals surface area contributed by atoms with Crippen molar-refractivity contribution < 1.29 is 14.3 Å².